The number of hydrogen-bond acceptors (Lipinski definition) is 4. The van der Waals surface area contributed by atoms with Crippen molar-refractivity contribution in [2.24, 2.45) is 0 Å². The van der Waals surface area contributed by atoms with Crippen LogP contribution in [0.15, 0.2) is 30.3 Å². The summed E-state index contributed by atoms with van der Waals surface area (Å²) in [5.74, 6) is -0.0599. The second kappa shape index (κ2) is 5.97. The summed E-state index contributed by atoms with van der Waals surface area (Å²) >= 11 is 5.49. The number of hydrogen-bond donors (Lipinski definition) is 1. The van der Waals surface area contributed by atoms with Crippen LogP contribution in [-0.2, 0) is 12.6 Å². The Kier molecular flexibility index (Phi) is 4.29. The van der Waals surface area contributed by atoms with Crippen molar-refractivity contribution in [3.05, 3.63) is 46.9 Å². The van der Waals surface area contributed by atoms with Gasteiger partial charge in [-0.3, -0.25) is 0 Å². The molecule has 1 aromatic carbocycles. The highest BCUT2D eigenvalue weighted by Gasteiger charge is 2.33. The second-order valence-corrected chi connectivity index (χ2v) is 4.40. The van der Waals surface area contributed by atoms with Gasteiger partial charge < -0.3 is 5.32 Å². The van der Waals surface area contributed by atoms with E-state index in [9.17, 15) is 13.2 Å². The van der Waals surface area contributed by atoms with Crippen molar-refractivity contribution < 1.29 is 13.2 Å². The van der Waals surface area contributed by atoms with E-state index in [1.54, 1.807) is 24.3 Å². The Morgan fingerprint density at radius 3 is 2.43 bits per heavy atom. The summed E-state index contributed by atoms with van der Waals surface area (Å²) in [5.41, 5.74) is 0.213. The van der Waals surface area contributed by atoms with Crippen LogP contribution < -0.4 is 5.32 Å². The molecule has 0 saturated carbocycles. The molecule has 0 bridgehead atoms. The highest BCUT2D eigenvalue weighted by atomic mass is 35.5. The predicted molar refractivity (Wildman–Crippen MR) is 71.1 cm³/mol. The van der Waals surface area contributed by atoms with Crippen LogP contribution in [0.25, 0.3) is 0 Å². The second-order valence-electron chi connectivity index (χ2n) is 4.06. The predicted octanol–water partition coefficient (Wildman–Crippen LogP) is 3.96. The molecule has 0 aliphatic carbocycles. The SMILES string of the molecule is N#CCc1ccc(Nc2cc(C(F)(F)F)nc(Cl)n2)cc1. The fraction of sp³-hybridized carbons (Fsp3) is 0.154. The normalized spacial score (nSPS) is 11.0. The number of nitrogens with one attached hydrogen (secondary N) is 1. The molecular formula is C13H8ClF3N4. The molecule has 0 aliphatic heterocycles. The zero-order valence-electron chi connectivity index (χ0n) is 10.4. The largest absolute Gasteiger partial charge is 0.433 e. The molecule has 4 nitrogen and oxygen atoms in total. The molecule has 0 atom stereocenters. The van der Waals surface area contributed by atoms with Crippen molar-refractivity contribution in [1.29, 1.82) is 5.26 Å². The van der Waals surface area contributed by atoms with Gasteiger partial charge in [0, 0.05) is 11.8 Å². The quantitative estimate of drug-likeness (QED) is 0.871. The molecule has 0 radical (unpaired) electrons. The molecule has 0 amide bonds. The maximum absolute atomic E-state index is 12.6. The van der Waals surface area contributed by atoms with E-state index in [0.717, 1.165) is 11.6 Å². The first-order chi connectivity index (χ1) is 9.88. The van der Waals surface area contributed by atoms with Crippen LogP contribution in [0.5, 0.6) is 0 Å². The molecule has 2 rings (SSSR count). The van der Waals surface area contributed by atoms with Crippen LogP contribution in [0.4, 0.5) is 24.7 Å². The summed E-state index contributed by atoms with van der Waals surface area (Å²) in [6.07, 6.45) is -4.34. The third-order valence-electron chi connectivity index (χ3n) is 2.50. The average molecular weight is 313 g/mol. The Balaban J connectivity index is 2.23. The van der Waals surface area contributed by atoms with Gasteiger partial charge in [0.15, 0.2) is 5.69 Å². The van der Waals surface area contributed by atoms with Gasteiger partial charge in [0.2, 0.25) is 5.28 Å². The van der Waals surface area contributed by atoms with E-state index in [-0.39, 0.29) is 12.2 Å². The van der Waals surface area contributed by atoms with Crippen molar-refractivity contribution in [2.75, 3.05) is 5.32 Å². The van der Waals surface area contributed by atoms with E-state index in [2.05, 4.69) is 15.3 Å². The maximum atomic E-state index is 12.6. The summed E-state index contributed by atoms with van der Waals surface area (Å²) < 4.78 is 37.9. The molecule has 0 unspecified atom stereocenters. The first-order valence-electron chi connectivity index (χ1n) is 5.73. The minimum Gasteiger partial charge on any atom is -0.340 e. The van der Waals surface area contributed by atoms with Gasteiger partial charge in [-0.2, -0.15) is 18.4 Å². The highest BCUT2D eigenvalue weighted by Crippen LogP contribution is 2.30. The maximum Gasteiger partial charge on any atom is 0.433 e. The molecule has 0 saturated heterocycles. The molecule has 0 spiro atoms. The molecule has 2 aromatic rings. The molecule has 1 aromatic heterocycles. The van der Waals surface area contributed by atoms with Crippen LogP contribution in [-0.4, -0.2) is 9.97 Å². The van der Waals surface area contributed by atoms with E-state index in [0.29, 0.717) is 5.69 Å². The van der Waals surface area contributed by atoms with Crippen molar-refractivity contribution in [2.45, 2.75) is 12.6 Å². The molecule has 1 N–H and O–H groups in total. The number of benzene rings is 1. The minimum atomic E-state index is -4.60. The topological polar surface area (TPSA) is 61.6 Å². The van der Waals surface area contributed by atoms with Crippen LogP contribution in [0.1, 0.15) is 11.3 Å². The number of nitriles is 1. The van der Waals surface area contributed by atoms with E-state index >= 15 is 0 Å². The number of alkyl halides is 3. The van der Waals surface area contributed by atoms with E-state index in [1.165, 1.54) is 0 Å². The van der Waals surface area contributed by atoms with Gasteiger partial charge in [-0.15, -0.1) is 0 Å². The smallest absolute Gasteiger partial charge is 0.340 e. The summed E-state index contributed by atoms with van der Waals surface area (Å²) in [6, 6.07) is 9.43. The third kappa shape index (κ3) is 4.07. The van der Waals surface area contributed by atoms with Crippen LogP contribution in [0.3, 0.4) is 0 Å². The molecule has 0 aliphatic rings. The lowest BCUT2D eigenvalue weighted by atomic mass is 10.1. The van der Waals surface area contributed by atoms with Gasteiger partial charge in [0.25, 0.3) is 0 Å². The third-order valence-corrected chi connectivity index (χ3v) is 2.67. The zero-order valence-corrected chi connectivity index (χ0v) is 11.2. The first kappa shape index (κ1) is 15.1. The van der Waals surface area contributed by atoms with Gasteiger partial charge >= 0.3 is 6.18 Å². The Morgan fingerprint density at radius 1 is 1.19 bits per heavy atom. The Labute approximate surface area is 123 Å². The fourth-order valence-corrected chi connectivity index (χ4v) is 1.75. The fourth-order valence-electron chi connectivity index (χ4n) is 1.57. The highest BCUT2D eigenvalue weighted by molar-refractivity contribution is 6.28. The van der Waals surface area contributed by atoms with Gasteiger partial charge in [0.05, 0.1) is 12.5 Å². The van der Waals surface area contributed by atoms with Gasteiger partial charge in [0.1, 0.15) is 5.82 Å². The Hall–Kier alpha value is -2.33. The standard InChI is InChI=1S/C13H8ClF3N4/c14-12-20-10(13(15,16)17)7-11(21-12)19-9-3-1-8(2-4-9)5-6-18/h1-4,7H,5H2,(H,19,20,21). The first-order valence-corrected chi connectivity index (χ1v) is 6.11. The minimum absolute atomic E-state index is 0.0599. The molecule has 108 valence electrons. The van der Waals surface area contributed by atoms with Crippen molar-refractivity contribution in [3.8, 4) is 6.07 Å². The lowest BCUT2D eigenvalue weighted by Gasteiger charge is -2.10. The van der Waals surface area contributed by atoms with E-state index in [1.807, 2.05) is 6.07 Å². The van der Waals surface area contributed by atoms with Crippen LogP contribution in [0.2, 0.25) is 5.28 Å². The van der Waals surface area contributed by atoms with Crippen molar-refractivity contribution >= 4 is 23.1 Å². The lowest BCUT2D eigenvalue weighted by molar-refractivity contribution is -0.141. The Morgan fingerprint density at radius 2 is 1.86 bits per heavy atom. The number of nitrogens with zero attached hydrogens (tertiary/aromatic N) is 3. The zero-order chi connectivity index (χ0) is 15.5. The van der Waals surface area contributed by atoms with Gasteiger partial charge in [-0.05, 0) is 29.3 Å². The van der Waals surface area contributed by atoms with Gasteiger partial charge in [-0.25, -0.2) is 9.97 Å². The summed E-state index contributed by atoms with van der Waals surface area (Å²) in [7, 11) is 0. The van der Waals surface area contributed by atoms with Crippen molar-refractivity contribution in [3.63, 3.8) is 0 Å². The molecule has 21 heavy (non-hydrogen) atoms. The average Bonchev–Trinajstić information content (AvgIpc) is 2.40. The molecule has 8 heteroatoms. The molecular weight excluding hydrogens is 305 g/mol. The monoisotopic (exact) mass is 312 g/mol. The Bertz CT molecular complexity index is 677. The number of aromatic nitrogens is 2. The number of rotatable bonds is 3. The van der Waals surface area contributed by atoms with E-state index < -0.39 is 17.2 Å². The van der Waals surface area contributed by atoms with E-state index in [4.69, 9.17) is 16.9 Å². The van der Waals surface area contributed by atoms with Crippen LogP contribution >= 0.6 is 11.6 Å². The molecule has 0 fully saturated rings. The summed E-state index contributed by atoms with van der Waals surface area (Å²) in [5, 5.41) is 10.8. The molecule has 1 heterocycles. The summed E-state index contributed by atoms with van der Waals surface area (Å²) in [6.45, 7) is 0. The lowest BCUT2D eigenvalue weighted by Crippen LogP contribution is -2.10. The van der Waals surface area contributed by atoms with Crippen molar-refractivity contribution in [1.82, 2.24) is 9.97 Å². The summed E-state index contributed by atoms with van der Waals surface area (Å²) in [4.78, 5) is 6.83. The number of halogens is 4. The number of anilines is 2. The van der Waals surface area contributed by atoms with Crippen LogP contribution in [0, 0.1) is 11.3 Å². The van der Waals surface area contributed by atoms with Gasteiger partial charge in [-0.1, -0.05) is 12.1 Å².